The zero-order valence-electron chi connectivity index (χ0n) is 28.1. The first-order valence-corrected chi connectivity index (χ1v) is 19.0. The minimum Gasteiger partial charge on any atom is -0.375 e. The van der Waals surface area contributed by atoms with Crippen LogP contribution in [0.2, 0.25) is 0 Å². The van der Waals surface area contributed by atoms with Crippen molar-refractivity contribution in [3.8, 4) is 22.5 Å². The fourth-order valence-electron chi connectivity index (χ4n) is 10.1. The molecule has 3 fully saturated rings. The summed E-state index contributed by atoms with van der Waals surface area (Å²) in [5.74, 6) is 1.05. The van der Waals surface area contributed by atoms with Crippen LogP contribution >= 0.6 is 11.8 Å². The van der Waals surface area contributed by atoms with E-state index in [4.69, 9.17) is 14.7 Å². The molecule has 0 amide bonds. The van der Waals surface area contributed by atoms with Gasteiger partial charge in [0, 0.05) is 34.6 Å². The minimum absolute atomic E-state index is 0.00826. The number of benzene rings is 2. The maximum absolute atomic E-state index is 15.0. The molecular weight excluding hydrogens is 617 g/mol. The summed E-state index contributed by atoms with van der Waals surface area (Å²) in [6.45, 7) is 4.85. The molecule has 1 unspecified atom stereocenters. The zero-order chi connectivity index (χ0) is 32.7. The summed E-state index contributed by atoms with van der Waals surface area (Å²) in [4.78, 5) is 42.9. The average molecular weight is 661 g/mol. The number of hydrogen-bond acceptors (Lipinski definition) is 6. The Bertz CT molecular complexity index is 2050. The number of ether oxygens (including phenoxy) is 1. The van der Waals surface area contributed by atoms with Gasteiger partial charge < -0.3 is 9.72 Å². The van der Waals surface area contributed by atoms with Crippen molar-refractivity contribution in [1.29, 1.82) is 0 Å². The summed E-state index contributed by atoms with van der Waals surface area (Å²) in [6, 6.07) is 17.0. The van der Waals surface area contributed by atoms with Crippen molar-refractivity contribution in [2.24, 2.45) is 0 Å². The molecule has 1 aliphatic heterocycles. The van der Waals surface area contributed by atoms with Crippen molar-refractivity contribution in [1.82, 2.24) is 19.5 Å². The van der Waals surface area contributed by atoms with E-state index in [1.165, 1.54) is 22.9 Å². The molecule has 2 aromatic heterocycles. The van der Waals surface area contributed by atoms with Crippen molar-refractivity contribution in [3.05, 3.63) is 97.3 Å². The highest BCUT2D eigenvalue weighted by molar-refractivity contribution is 7.98. The van der Waals surface area contributed by atoms with Gasteiger partial charge in [0.25, 0.3) is 11.1 Å². The second kappa shape index (κ2) is 11.3. The molecule has 9 rings (SSSR count). The molecule has 5 aliphatic rings. The van der Waals surface area contributed by atoms with Crippen LogP contribution in [0.1, 0.15) is 112 Å². The van der Waals surface area contributed by atoms with Crippen LogP contribution in [-0.4, -0.2) is 31.7 Å². The first kappa shape index (κ1) is 30.6. The Morgan fingerprint density at radius 3 is 2.04 bits per heavy atom. The van der Waals surface area contributed by atoms with E-state index in [1.807, 2.05) is 10.6 Å². The maximum atomic E-state index is 15.0. The molecule has 8 heteroatoms. The summed E-state index contributed by atoms with van der Waals surface area (Å²) in [7, 11) is 0. The van der Waals surface area contributed by atoms with Gasteiger partial charge in [0.15, 0.2) is 5.16 Å². The van der Waals surface area contributed by atoms with Crippen LogP contribution in [0.5, 0.6) is 0 Å². The van der Waals surface area contributed by atoms with E-state index in [0.717, 1.165) is 111 Å². The van der Waals surface area contributed by atoms with Crippen molar-refractivity contribution < 1.29 is 4.74 Å². The lowest BCUT2D eigenvalue weighted by atomic mass is 9.68. The maximum Gasteiger partial charge on any atom is 0.258 e. The van der Waals surface area contributed by atoms with Crippen LogP contribution in [0.4, 0.5) is 0 Å². The van der Waals surface area contributed by atoms with Crippen molar-refractivity contribution in [2.45, 2.75) is 124 Å². The molecule has 3 heterocycles. The van der Waals surface area contributed by atoms with Crippen LogP contribution in [0.15, 0.2) is 63.3 Å². The minimum atomic E-state index is -0.327. The Kier molecular flexibility index (Phi) is 7.18. The largest absolute Gasteiger partial charge is 0.375 e. The second-order valence-corrected chi connectivity index (χ2v) is 16.7. The number of hydrogen-bond donors (Lipinski definition) is 1. The number of aromatic amines is 1. The van der Waals surface area contributed by atoms with E-state index in [9.17, 15) is 4.79 Å². The highest BCUT2D eigenvalue weighted by Crippen LogP contribution is 2.51. The van der Waals surface area contributed by atoms with Gasteiger partial charge in [-0.05, 0) is 76.3 Å². The number of nitrogens with zero attached hydrogens (tertiary/aromatic N) is 3. The lowest BCUT2D eigenvalue weighted by Gasteiger charge is -2.40. The van der Waals surface area contributed by atoms with Crippen LogP contribution < -0.4 is 11.1 Å². The number of rotatable bonds is 4. The van der Waals surface area contributed by atoms with Crippen molar-refractivity contribution >= 4 is 11.8 Å². The van der Waals surface area contributed by atoms with Gasteiger partial charge in [0.05, 0.1) is 33.9 Å². The molecule has 248 valence electrons. The molecular formula is C40H44N4O3S. The molecule has 1 atom stereocenters. The lowest BCUT2D eigenvalue weighted by molar-refractivity contribution is -0.0710. The predicted molar refractivity (Wildman–Crippen MR) is 190 cm³/mol. The van der Waals surface area contributed by atoms with Gasteiger partial charge in [-0.1, -0.05) is 86.0 Å². The molecule has 1 saturated heterocycles. The van der Waals surface area contributed by atoms with Gasteiger partial charge in [-0.25, -0.2) is 9.97 Å². The molecule has 0 bridgehead atoms. The summed E-state index contributed by atoms with van der Waals surface area (Å²) in [5.41, 5.74) is 7.74. The van der Waals surface area contributed by atoms with Gasteiger partial charge in [0.1, 0.15) is 5.82 Å². The highest BCUT2D eigenvalue weighted by atomic mass is 32.2. The number of fused-ring (bicyclic) bond motifs is 8. The molecule has 2 aromatic carbocycles. The highest BCUT2D eigenvalue weighted by Gasteiger charge is 2.46. The smallest absolute Gasteiger partial charge is 0.258 e. The molecule has 1 N–H and O–H groups in total. The fraction of sp³-hybridized carbons (Fsp3) is 0.500. The molecule has 2 saturated carbocycles. The number of thioether (sulfide) groups is 1. The number of aromatic nitrogens is 4. The third-order valence-electron chi connectivity index (χ3n) is 12.2. The summed E-state index contributed by atoms with van der Waals surface area (Å²) < 4.78 is 8.14. The van der Waals surface area contributed by atoms with E-state index >= 15 is 4.79 Å². The topological polar surface area (TPSA) is 89.9 Å². The summed E-state index contributed by atoms with van der Waals surface area (Å²) >= 11 is 1.53. The SMILES string of the molecule is CC1(C)CC(n2c(SCc3nc4c(c(=O)[nH]3)C3(CCCC3)Cc3ccccc3-4)nc3c(c2=O)C2(CCCC2)Cc2ccccc2-3)CCO1. The van der Waals surface area contributed by atoms with Crippen molar-refractivity contribution in [2.75, 3.05) is 6.61 Å². The van der Waals surface area contributed by atoms with E-state index in [2.05, 4.69) is 61.3 Å². The Hall–Kier alpha value is -3.49. The molecule has 4 aliphatic carbocycles. The Labute approximate surface area is 286 Å². The number of nitrogens with one attached hydrogen (secondary N) is 1. The second-order valence-electron chi connectivity index (χ2n) is 15.7. The monoisotopic (exact) mass is 660 g/mol. The molecule has 7 nitrogen and oxygen atoms in total. The van der Waals surface area contributed by atoms with E-state index in [1.54, 1.807) is 0 Å². The standard InChI is InChI=1S/C40H44N4O3S/c1-38(2)23-27(15-20-47-38)44-36(46)32-34(29-14-6-4-12-26(29)22-40(32)18-9-10-19-40)43-37(44)48-24-30-41-33-28-13-5-3-11-25(28)21-39(16-7-8-17-39)31(33)35(45)42-30/h3-6,11-14,27H,7-10,15-24H2,1-2H3,(H,41,42,45). The Morgan fingerprint density at radius 1 is 0.833 bits per heavy atom. The fourth-order valence-corrected chi connectivity index (χ4v) is 11.0. The average Bonchev–Trinajstić information content (AvgIpc) is 3.73. The quantitative estimate of drug-likeness (QED) is 0.177. The van der Waals surface area contributed by atoms with E-state index in [0.29, 0.717) is 23.3 Å². The third-order valence-corrected chi connectivity index (χ3v) is 13.2. The summed E-state index contributed by atoms with van der Waals surface area (Å²) in [6.07, 6.45) is 12.0. The van der Waals surface area contributed by atoms with Crippen molar-refractivity contribution in [3.63, 3.8) is 0 Å². The first-order chi connectivity index (χ1) is 23.3. The lowest BCUT2D eigenvalue weighted by Crippen LogP contribution is -2.44. The van der Waals surface area contributed by atoms with Gasteiger partial charge in [0.2, 0.25) is 0 Å². The van der Waals surface area contributed by atoms with Gasteiger partial charge >= 0.3 is 0 Å². The van der Waals surface area contributed by atoms with Gasteiger partial charge in [-0.15, -0.1) is 0 Å². The van der Waals surface area contributed by atoms with Gasteiger partial charge in [-0.3, -0.25) is 14.2 Å². The molecule has 4 aromatic rings. The molecule has 48 heavy (non-hydrogen) atoms. The normalized spacial score (nSPS) is 22.7. The van der Waals surface area contributed by atoms with Crippen LogP contribution in [-0.2, 0) is 34.2 Å². The summed E-state index contributed by atoms with van der Waals surface area (Å²) in [5, 5.41) is 0.708. The number of H-pyrrole nitrogens is 1. The van der Waals surface area contributed by atoms with Gasteiger partial charge in [-0.2, -0.15) is 0 Å². The molecule has 0 radical (unpaired) electrons. The van der Waals surface area contributed by atoms with E-state index < -0.39 is 0 Å². The third kappa shape index (κ3) is 4.80. The first-order valence-electron chi connectivity index (χ1n) is 18.0. The van der Waals surface area contributed by atoms with Crippen LogP contribution in [0.25, 0.3) is 22.5 Å². The molecule has 2 spiro atoms. The van der Waals surface area contributed by atoms with Crippen LogP contribution in [0.3, 0.4) is 0 Å². The zero-order valence-corrected chi connectivity index (χ0v) is 28.9. The Morgan fingerprint density at radius 2 is 1.42 bits per heavy atom. The van der Waals surface area contributed by atoms with E-state index in [-0.39, 0.29) is 33.6 Å². The Balaban J connectivity index is 1.17. The van der Waals surface area contributed by atoms with Crippen LogP contribution in [0, 0.1) is 0 Å². The predicted octanol–water partition coefficient (Wildman–Crippen LogP) is 7.82.